The second-order valence-electron chi connectivity index (χ2n) is 6.47. The molecule has 0 aliphatic carbocycles. The number of hydrogen-bond donors (Lipinski definition) is 2. The molecule has 0 saturated carbocycles. The van der Waals surface area contributed by atoms with Crippen LogP contribution in [0.3, 0.4) is 0 Å². The molecular weight excluding hydrogens is 364 g/mol. The molecule has 0 radical (unpaired) electrons. The maximum Gasteiger partial charge on any atom is 0.322 e. The molecule has 0 atom stereocenters. The lowest BCUT2D eigenvalue weighted by molar-refractivity contribution is 0.198. The Kier molecular flexibility index (Phi) is 4.92. The Labute approximate surface area is 162 Å². The molecule has 0 saturated heterocycles. The zero-order valence-electron chi connectivity index (χ0n) is 14.8. The van der Waals surface area contributed by atoms with Crippen molar-refractivity contribution >= 4 is 34.2 Å². The van der Waals surface area contributed by atoms with E-state index < -0.39 is 0 Å². The lowest BCUT2D eigenvalue weighted by Crippen LogP contribution is -2.40. The van der Waals surface area contributed by atoms with Crippen molar-refractivity contribution in [2.24, 2.45) is 5.73 Å². The molecule has 1 aromatic heterocycles. The van der Waals surface area contributed by atoms with Crippen LogP contribution in [0.25, 0.3) is 10.9 Å². The average molecular weight is 385 g/mol. The monoisotopic (exact) mass is 384 g/mol. The number of hydrogen-bond acceptors (Lipinski definition) is 3. The Morgan fingerprint density at radius 2 is 2.00 bits per heavy atom. The van der Waals surface area contributed by atoms with Gasteiger partial charge >= 0.3 is 6.03 Å². The SMILES string of the molecule is NCCOc1ccc(NC(=O)N2CCn3c(cc4c(Cl)cccc43)C2)cc1. The van der Waals surface area contributed by atoms with E-state index in [-0.39, 0.29) is 6.03 Å². The maximum absolute atomic E-state index is 12.6. The van der Waals surface area contributed by atoms with Gasteiger partial charge in [0.05, 0.1) is 6.54 Å². The summed E-state index contributed by atoms with van der Waals surface area (Å²) >= 11 is 6.30. The number of nitrogens with one attached hydrogen (secondary N) is 1. The van der Waals surface area contributed by atoms with Crippen molar-refractivity contribution in [3.63, 3.8) is 0 Å². The third-order valence-electron chi connectivity index (χ3n) is 4.70. The summed E-state index contributed by atoms with van der Waals surface area (Å²) in [6.07, 6.45) is 0. The molecular formula is C20H21ClN4O2. The molecule has 0 bridgehead atoms. The van der Waals surface area contributed by atoms with E-state index in [0.717, 1.165) is 39.6 Å². The molecule has 1 aliphatic heterocycles. The van der Waals surface area contributed by atoms with E-state index in [4.69, 9.17) is 22.1 Å². The van der Waals surface area contributed by atoms with Crippen molar-refractivity contribution in [3.05, 3.63) is 59.2 Å². The predicted molar refractivity (Wildman–Crippen MR) is 107 cm³/mol. The molecule has 4 rings (SSSR count). The van der Waals surface area contributed by atoms with Crippen LogP contribution in [0.5, 0.6) is 5.75 Å². The molecule has 7 heteroatoms. The normalized spacial score (nSPS) is 13.5. The highest BCUT2D eigenvalue weighted by Crippen LogP contribution is 2.29. The average Bonchev–Trinajstić information content (AvgIpc) is 3.07. The third-order valence-corrected chi connectivity index (χ3v) is 5.03. The summed E-state index contributed by atoms with van der Waals surface area (Å²) in [6, 6.07) is 15.2. The van der Waals surface area contributed by atoms with Crippen LogP contribution in [-0.2, 0) is 13.1 Å². The van der Waals surface area contributed by atoms with E-state index in [1.165, 1.54) is 0 Å². The fraction of sp³-hybridized carbons (Fsp3) is 0.250. The quantitative estimate of drug-likeness (QED) is 0.720. The smallest absolute Gasteiger partial charge is 0.322 e. The number of ether oxygens (including phenoxy) is 1. The van der Waals surface area contributed by atoms with Gasteiger partial charge in [0.2, 0.25) is 0 Å². The highest BCUT2D eigenvalue weighted by molar-refractivity contribution is 6.35. The van der Waals surface area contributed by atoms with Crippen molar-refractivity contribution in [1.82, 2.24) is 9.47 Å². The lowest BCUT2D eigenvalue weighted by atomic mass is 10.2. The number of anilines is 1. The van der Waals surface area contributed by atoms with E-state index in [1.54, 1.807) is 4.90 Å². The van der Waals surface area contributed by atoms with Crippen LogP contribution >= 0.6 is 11.6 Å². The molecule has 2 aromatic carbocycles. The highest BCUT2D eigenvalue weighted by atomic mass is 35.5. The Bertz CT molecular complexity index is 968. The number of carbonyl (C=O) groups is 1. The van der Waals surface area contributed by atoms with Crippen LogP contribution in [0.4, 0.5) is 10.5 Å². The number of halogens is 1. The number of nitrogens with zero attached hydrogens (tertiary/aromatic N) is 2. The topological polar surface area (TPSA) is 72.5 Å². The molecule has 0 unspecified atom stereocenters. The molecule has 0 fully saturated rings. The zero-order chi connectivity index (χ0) is 18.8. The first kappa shape index (κ1) is 17.7. The van der Waals surface area contributed by atoms with Gasteiger partial charge in [0.25, 0.3) is 0 Å². The van der Waals surface area contributed by atoms with Crippen molar-refractivity contribution < 1.29 is 9.53 Å². The second-order valence-corrected chi connectivity index (χ2v) is 6.88. The summed E-state index contributed by atoms with van der Waals surface area (Å²) in [7, 11) is 0. The largest absolute Gasteiger partial charge is 0.492 e. The predicted octanol–water partition coefficient (Wildman–Crippen LogP) is 3.68. The molecule has 2 amide bonds. The fourth-order valence-corrected chi connectivity index (χ4v) is 3.60. The molecule has 6 nitrogen and oxygen atoms in total. The lowest BCUT2D eigenvalue weighted by Gasteiger charge is -2.29. The van der Waals surface area contributed by atoms with Crippen LogP contribution in [0.2, 0.25) is 5.02 Å². The minimum atomic E-state index is -0.117. The van der Waals surface area contributed by atoms with E-state index in [0.29, 0.717) is 26.2 Å². The third kappa shape index (κ3) is 3.59. The van der Waals surface area contributed by atoms with Crippen molar-refractivity contribution in [2.75, 3.05) is 25.0 Å². The summed E-state index contributed by atoms with van der Waals surface area (Å²) in [5, 5.41) is 4.71. The van der Waals surface area contributed by atoms with E-state index in [2.05, 4.69) is 22.0 Å². The number of nitrogens with two attached hydrogens (primary N) is 1. The van der Waals surface area contributed by atoms with Crippen molar-refractivity contribution in [3.8, 4) is 5.75 Å². The molecule has 3 aromatic rings. The summed E-state index contributed by atoms with van der Waals surface area (Å²) in [5.74, 6) is 0.734. The van der Waals surface area contributed by atoms with Crippen LogP contribution in [0.1, 0.15) is 5.69 Å². The summed E-state index contributed by atoms with van der Waals surface area (Å²) < 4.78 is 7.68. The number of amides is 2. The number of benzene rings is 2. The number of aromatic nitrogens is 1. The molecule has 27 heavy (non-hydrogen) atoms. The molecule has 1 aliphatic rings. The van der Waals surface area contributed by atoms with Gasteiger partial charge in [-0.1, -0.05) is 17.7 Å². The first-order valence-corrected chi connectivity index (χ1v) is 9.29. The maximum atomic E-state index is 12.6. The number of fused-ring (bicyclic) bond motifs is 3. The Hall–Kier alpha value is -2.70. The zero-order valence-corrected chi connectivity index (χ0v) is 15.6. The first-order chi connectivity index (χ1) is 13.2. The van der Waals surface area contributed by atoms with E-state index >= 15 is 0 Å². The Morgan fingerprint density at radius 3 is 2.78 bits per heavy atom. The van der Waals surface area contributed by atoms with Gasteiger partial charge < -0.3 is 25.3 Å². The summed E-state index contributed by atoms with van der Waals surface area (Å²) in [4.78, 5) is 14.5. The Balaban J connectivity index is 1.45. The summed E-state index contributed by atoms with van der Waals surface area (Å²) in [6.45, 7) is 2.88. The van der Waals surface area contributed by atoms with Crippen LogP contribution < -0.4 is 15.8 Å². The molecule has 2 heterocycles. The highest BCUT2D eigenvalue weighted by Gasteiger charge is 2.23. The minimum Gasteiger partial charge on any atom is -0.492 e. The Morgan fingerprint density at radius 1 is 1.19 bits per heavy atom. The van der Waals surface area contributed by atoms with E-state index in [1.807, 2.05) is 36.4 Å². The summed E-state index contributed by atoms with van der Waals surface area (Å²) in [5.41, 5.74) is 8.36. The van der Waals surface area contributed by atoms with Gasteiger partial charge in [-0.2, -0.15) is 0 Å². The van der Waals surface area contributed by atoms with Gasteiger partial charge in [0, 0.05) is 46.9 Å². The van der Waals surface area contributed by atoms with Gasteiger partial charge in [-0.25, -0.2) is 4.79 Å². The molecule has 3 N–H and O–H groups in total. The van der Waals surface area contributed by atoms with Gasteiger partial charge in [0.15, 0.2) is 0 Å². The van der Waals surface area contributed by atoms with Gasteiger partial charge in [0.1, 0.15) is 12.4 Å². The van der Waals surface area contributed by atoms with Crippen LogP contribution in [0, 0.1) is 0 Å². The first-order valence-electron chi connectivity index (χ1n) is 8.91. The number of urea groups is 1. The van der Waals surface area contributed by atoms with Gasteiger partial charge in [-0.15, -0.1) is 0 Å². The van der Waals surface area contributed by atoms with Crippen LogP contribution in [0.15, 0.2) is 48.5 Å². The number of carbonyl (C=O) groups excluding carboxylic acids is 1. The molecule has 140 valence electrons. The number of rotatable bonds is 4. The minimum absolute atomic E-state index is 0.117. The van der Waals surface area contributed by atoms with Crippen molar-refractivity contribution in [2.45, 2.75) is 13.1 Å². The van der Waals surface area contributed by atoms with Gasteiger partial charge in [-0.3, -0.25) is 0 Å². The molecule has 0 spiro atoms. The standard InChI is InChI=1S/C20H21ClN4O2/c21-18-2-1-3-19-17(18)12-15-13-24(9-10-25(15)19)20(26)23-14-4-6-16(7-5-14)27-11-8-22/h1-7,12H,8-11,13,22H2,(H,23,26). The van der Waals surface area contributed by atoms with E-state index in [9.17, 15) is 4.79 Å². The van der Waals surface area contributed by atoms with Gasteiger partial charge in [-0.05, 0) is 42.5 Å². The second kappa shape index (κ2) is 7.50. The van der Waals surface area contributed by atoms with Crippen molar-refractivity contribution in [1.29, 1.82) is 0 Å². The fourth-order valence-electron chi connectivity index (χ4n) is 3.38. The van der Waals surface area contributed by atoms with Crippen LogP contribution in [-0.4, -0.2) is 35.2 Å².